The van der Waals surface area contributed by atoms with Crippen LogP contribution in [0.15, 0.2) is 67.1 Å². The van der Waals surface area contributed by atoms with Gasteiger partial charge in [-0.15, -0.1) is 0 Å². The van der Waals surface area contributed by atoms with E-state index in [1.165, 1.54) is 0 Å². The number of piperidine rings is 1. The quantitative estimate of drug-likeness (QED) is 0.0739. The van der Waals surface area contributed by atoms with Crippen LogP contribution in [0.5, 0.6) is 0 Å². The van der Waals surface area contributed by atoms with Crippen LogP contribution >= 0.6 is 0 Å². The van der Waals surface area contributed by atoms with E-state index in [0.717, 1.165) is 40.2 Å². The van der Waals surface area contributed by atoms with Crippen LogP contribution in [-0.4, -0.2) is 90.1 Å². The van der Waals surface area contributed by atoms with Crippen LogP contribution < -0.4 is 21.3 Å². The predicted octanol–water partition coefficient (Wildman–Crippen LogP) is 6.05. The van der Waals surface area contributed by atoms with Crippen molar-refractivity contribution in [3.63, 3.8) is 0 Å². The number of H-pyrrole nitrogens is 1. The van der Waals surface area contributed by atoms with Gasteiger partial charge in [0.1, 0.15) is 11.7 Å². The maximum atomic E-state index is 13.5. The number of hydrogen-bond acceptors (Lipinski definition) is 10. The van der Waals surface area contributed by atoms with E-state index in [1.54, 1.807) is 30.3 Å². The molecule has 15 nitrogen and oxygen atoms in total. The molecule has 3 aromatic heterocycles. The maximum Gasteiger partial charge on any atom is 0.264 e. The summed E-state index contributed by atoms with van der Waals surface area (Å²) in [4.78, 5) is 66.1. The third-order valence-electron chi connectivity index (χ3n) is 10.4. The fourth-order valence-electron chi connectivity index (χ4n) is 7.24. The summed E-state index contributed by atoms with van der Waals surface area (Å²) in [5.74, 6) is -0.959. The molecular formula is C42H50N10O5. The van der Waals surface area contributed by atoms with Crippen molar-refractivity contribution in [2.45, 2.75) is 90.4 Å². The average Bonchev–Trinajstić information content (AvgIpc) is 3.90. The molecule has 5 aromatic rings. The lowest BCUT2D eigenvalue weighted by Crippen LogP contribution is -2.52. The van der Waals surface area contributed by atoms with Crippen molar-refractivity contribution in [2.75, 3.05) is 30.3 Å². The number of anilines is 3. The van der Waals surface area contributed by atoms with Gasteiger partial charge in [-0.05, 0) is 102 Å². The molecule has 5 N–H and O–H groups in total. The number of hydrogen-bond donors (Lipinski definition) is 5. The number of nitrogens with one attached hydrogen (secondary N) is 5. The van der Waals surface area contributed by atoms with Gasteiger partial charge in [-0.2, -0.15) is 10.1 Å². The van der Waals surface area contributed by atoms with Gasteiger partial charge in [-0.25, -0.2) is 4.98 Å². The Hall–Kier alpha value is -6.09. The second kappa shape index (κ2) is 16.2. The first-order valence-corrected chi connectivity index (χ1v) is 19.6. The monoisotopic (exact) mass is 774 g/mol. The molecule has 0 saturated carbocycles. The number of aryl methyl sites for hydroxylation is 1. The van der Waals surface area contributed by atoms with E-state index in [-0.39, 0.29) is 11.8 Å². The van der Waals surface area contributed by atoms with Crippen LogP contribution in [0.1, 0.15) is 97.8 Å². The third kappa shape index (κ3) is 8.68. The summed E-state index contributed by atoms with van der Waals surface area (Å²) < 4.78 is 8.19. The van der Waals surface area contributed by atoms with Gasteiger partial charge >= 0.3 is 0 Å². The third-order valence-corrected chi connectivity index (χ3v) is 10.4. The molecular weight excluding hydrogens is 725 g/mol. The molecule has 298 valence electrons. The molecule has 7 rings (SSSR count). The number of carbonyl (C=O) groups is 4. The molecule has 4 amide bonds. The Balaban J connectivity index is 0.885. The molecule has 2 aliphatic rings. The van der Waals surface area contributed by atoms with Crippen molar-refractivity contribution in [1.29, 1.82) is 0 Å². The lowest BCUT2D eigenvalue weighted by molar-refractivity contribution is -0.126. The van der Waals surface area contributed by atoms with Gasteiger partial charge in [0.25, 0.3) is 17.7 Å². The molecule has 0 radical (unpaired) electrons. The number of amides is 4. The van der Waals surface area contributed by atoms with Crippen LogP contribution in [-0.2, 0) is 16.1 Å². The van der Waals surface area contributed by atoms with Crippen LogP contribution in [0.4, 0.5) is 17.3 Å². The van der Waals surface area contributed by atoms with Gasteiger partial charge < -0.3 is 31.0 Å². The summed E-state index contributed by atoms with van der Waals surface area (Å²) in [5, 5.41) is 17.9. The van der Waals surface area contributed by atoms with Gasteiger partial charge in [-0.1, -0.05) is 13.0 Å². The first-order chi connectivity index (χ1) is 27.3. The largest absolute Gasteiger partial charge is 0.379 e. The molecule has 2 aromatic carbocycles. The number of carbonyl (C=O) groups excluding carboxylic acids is 4. The SMILES string of the molecule is CCCn1cc(-c2nc(Nc3ccc(C(=O)NCCC(C)(C)OCCC(C)(C)Nc4cccc5c4C(=O)N(C4CCCNC4=O)C5=O)cc3)nc3[nH]ccc23)cn1. The van der Waals surface area contributed by atoms with Crippen LogP contribution in [0, 0.1) is 0 Å². The fourth-order valence-corrected chi connectivity index (χ4v) is 7.24. The van der Waals surface area contributed by atoms with Crippen molar-refractivity contribution in [1.82, 2.24) is 40.3 Å². The molecule has 1 saturated heterocycles. The molecule has 57 heavy (non-hydrogen) atoms. The van der Waals surface area contributed by atoms with Crippen molar-refractivity contribution >= 4 is 52.0 Å². The standard InChI is InChI=1S/C42H50N10O5/c1-6-22-51-25-27(24-46-51)34-30-16-20-43-35(30)49-40(48-34)47-28-14-12-26(13-15-28)36(53)45-21-17-42(4,5)57-23-18-41(2,3)50-31-10-7-9-29-33(31)39(56)52(38(29)55)32-11-8-19-44-37(32)54/h7,9-10,12-16,20,24-25,32,50H,6,8,11,17-19,21-23H2,1-5H3,(H,44,54)(H,45,53)(H2,43,47,48,49). The Bertz CT molecular complexity index is 2290. The van der Waals surface area contributed by atoms with Gasteiger partial charge in [-0.3, -0.25) is 28.8 Å². The number of aromatic amines is 1. The zero-order chi connectivity index (χ0) is 40.3. The fraction of sp³-hybridized carbons (Fsp3) is 0.405. The normalized spacial score (nSPS) is 15.8. The molecule has 1 fully saturated rings. The summed E-state index contributed by atoms with van der Waals surface area (Å²) in [6, 6.07) is 13.5. The van der Waals surface area contributed by atoms with Gasteiger partial charge in [0.2, 0.25) is 11.9 Å². The van der Waals surface area contributed by atoms with E-state index in [2.05, 4.69) is 43.3 Å². The minimum absolute atomic E-state index is 0.191. The Morgan fingerprint density at radius 1 is 1.00 bits per heavy atom. The number of nitrogens with zero attached hydrogens (tertiary/aromatic N) is 5. The Morgan fingerprint density at radius 3 is 2.58 bits per heavy atom. The first-order valence-electron chi connectivity index (χ1n) is 19.6. The van der Waals surface area contributed by atoms with Crippen LogP contribution in [0.3, 0.4) is 0 Å². The first kappa shape index (κ1) is 39.2. The molecule has 0 aliphatic carbocycles. The highest BCUT2D eigenvalue weighted by Gasteiger charge is 2.45. The number of fused-ring (bicyclic) bond motifs is 2. The number of ether oxygens (including phenoxy) is 1. The lowest BCUT2D eigenvalue weighted by atomic mass is 9.98. The number of benzene rings is 2. The van der Waals surface area contributed by atoms with Crippen molar-refractivity contribution < 1.29 is 23.9 Å². The highest BCUT2D eigenvalue weighted by atomic mass is 16.5. The smallest absolute Gasteiger partial charge is 0.264 e. The summed E-state index contributed by atoms with van der Waals surface area (Å²) in [6.45, 7) is 12.3. The topological polar surface area (TPSA) is 188 Å². The molecule has 1 atom stereocenters. The van der Waals surface area contributed by atoms with E-state index in [9.17, 15) is 19.2 Å². The zero-order valence-electron chi connectivity index (χ0n) is 33.1. The van der Waals surface area contributed by atoms with Crippen LogP contribution in [0.2, 0.25) is 0 Å². The molecule has 5 heterocycles. The van der Waals surface area contributed by atoms with Gasteiger partial charge in [0, 0.05) is 72.1 Å². The minimum atomic E-state index is -0.801. The highest BCUT2D eigenvalue weighted by molar-refractivity contribution is 6.25. The van der Waals surface area contributed by atoms with Crippen molar-refractivity contribution in [3.8, 4) is 11.3 Å². The summed E-state index contributed by atoms with van der Waals surface area (Å²) >= 11 is 0. The number of rotatable bonds is 16. The second-order valence-corrected chi connectivity index (χ2v) is 15.9. The highest BCUT2D eigenvalue weighted by Crippen LogP contribution is 2.34. The summed E-state index contributed by atoms with van der Waals surface area (Å²) in [7, 11) is 0. The molecule has 0 spiro atoms. The summed E-state index contributed by atoms with van der Waals surface area (Å²) in [6.07, 6.45) is 8.96. The van der Waals surface area contributed by atoms with Gasteiger partial charge in [0.05, 0.1) is 28.6 Å². The Morgan fingerprint density at radius 2 is 1.81 bits per heavy atom. The summed E-state index contributed by atoms with van der Waals surface area (Å²) in [5.41, 5.74) is 3.77. The Labute approximate surface area is 331 Å². The Kier molecular flexibility index (Phi) is 11.1. The molecule has 0 bridgehead atoms. The maximum absolute atomic E-state index is 13.5. The van der Waals surface area contributed by atoms with E-state index < -0.39 is 29.0 Å². The average molecular weight is 775 g/mol. The van der Waals surface area contributed by atoms with Crippen molar-refractivity contribution in [2.24, 2.45) is 0 Å². The van der Waals surface area contributed by atoms with E-state index in [1.807, 2.05) is 69.2 Å². The van der Waals surface area contributed by atoms with E-state index >= 15 is 0 Å². The zero-order valence-corrected chi connectivity index (χ0v) is 33.1. The van der Waals surface area contributed by atoms with Crippen molar-refractivity contribution in [3.05, 3.63) is 83.8 Å². The molecule has 1 unspecified atom stereocenters. The van der Waals surface area contributed by atoms with Gasteiger partial charge in [0.15, 0.2) is 0 Å². The number of aromatic nitrogens is 5. The van der Waals surface area contributed by atoms with Crippen LogP contribution in [0.25, 0.3) is 22.3 Å². The minimum Gasteiger partial charge on any atom is -0.379 e. The molecule has 15 heteroatoms. The molecule has 2 aliphatic heterocycles. The van der Waals surface area contributed by atoms with E-state index in [0.29, 0.717) is 79.4 Å². The van der Waals surface area contributed by atoms with E-state index in [4.69, 9.17) is 9.72 Å². The predicted molar refractivity (Wildman–Crippen MR) is 217 cm³/mol. The number of imide groups is 1. The second-order valence-electron chi connectivity index (χ2n) is 15.9. The lowest BCUT2D eigenvalue weighted by Gasteiger charge is -2.31.